The first-order valence-corrected chi connectivity index (χ1v) is 10.5. The molecule has 0 aliphatic carbocycles. The molecule has 1 N–H and O–H groups in total. The Morgan fingerprint density at radius 2 is 1.90 bits per heavy atom. The van der Waals surface area contributed by atoms with E-state index < -0.39 is 10.8 Å². The van der Waals surface area contributed by atoms with Crippen molar-refractivity contribution in [3.8, 4) is 11.3 Å². The summed E-state index contributed by atoms with van der Waals surface area (Å²) in [5, 5.41) is 15.1. The van der Waals surface area contributed by atoms with Gasteiger partial charge in [0, 0.05) is 45.2 Å². The van der Waals surface area contributed by atoms with Crippen LogP contribution in [0.15, 0.2) is 65.2 Å². The molecule has 0 aliphatic heterocycles. The summed E-state index contributed by atoms with van der Waals surface area (Å²) in [7, 11) is 0. The maximum absolute atomic E-state index is 12.5. The third-order valence-electron chi connectivity index (χ3n) is 4.34. The van der Waals surface area contributed by atoms with Gasteiger partial charge in [0.05, 0.1) is 4.92 Å². The van der Waals surface area contributed by atoms with E-state index in [1.165, 1.54) is 29.5 Å². The van der Waals surface area contributed by atoms with Crippen LogP contribution in [0.2, 0.25) is 10.0 Å². The highest BCUT2D eigenvalue weighted by Crippen LogP contribution is 2.28. The number of carbonyl (C=O) groups is 1. The monoisotopic (exact) mass is 473 g/mol. The van der Waals surface area contributed by atoms with Gasteiger partial charge in [-0.05, 0) is 48.0 Å². The molecule has 10 heteroatoms. The molecule has 0 aliphatic rings. The minimum Gasteiger partial charge on any atom is -0.451 e. The van der Waals surface area contributed by atoms with Gasteiger partial charge in [0.2, 0.25) is 0 Å². The highest BCUT2D eigenvalue weighted by molar-refractivity contribution is 7.15. The fourth-order valence-electron chi connectivity index (χ4n) is 2.83. The Balaban J connectivity index is 1.43. The molecule has 156 valence electrons. The Bertz CT molecular complexity index is 1270. The molecule has 0 saturated carbocycles. The highest BCUT2D eigenvalue weighted by atomic mass is 35.5. The van der Waals surface area contributed by atoms with Crippen molar-refractivity contribution in [3.05, 3.63) is 97.2 Å². The molecule has 0 spiro atoms. The number of nitro groups is 1. The zero-order chi connectivity index (χ0) is 22.0. The molecule has 4 aromatic rings. The fourth-order valence-corrected chi connectivity index (χ4v) is 4.04. The standard InChI is InChI=1S/C21H13Cl2N3O4S/c22-14-3-6-17(23)13(9-14)10-16-11-24-21(31-16)25-20(27)19-8-7-18(30-19)12-1-4-15(5-2-12)26(28)29/h1-9,11H,10H2,(H,24,25,27). The number of hydrogen-bond acceptors (Lipinski definition) is 6. The van der Waals surface area contributed by atoms with Crippen LogP contribution in [-0.4, -0.2) is 15.8 Å². The number of aromatic nitrogens is 1. The van der Waals surface area contributed by atoms with Gasteiger partial charge in [0.1, 0.15) is 5.76 Å². The van der Waals surface area contributed by atoms with E-state index in [1.54, 1.807) is 42.6 Å². The average Bonchev–Trinajstić information content (AvgIpc) is 3.41. The molecule has 4 rings (SSSR count). The van der Waals surface area contributed by atoms with Crippen molar-refractivity contribution in [2.45, 2.75) is 6.42 Å². The van der Waals surface area contributed by atoms with E-state index in [4.69, 9.17) is 27.6 Å². The van der Waals surface area contributed by atoms with Gasteiger partial charge in [-0.3, -0.25) is 20.2 Å². The van der Waals surface area contributed by atoms with Crippen molar-refractivity contribution in [2.75, 3.05) is 5.32 Å². The van der Waals surface area contributed by atoms with Gasteiger partial charge in [0.15, 0.2) is 10.9 Å². The summed E-state index contributed by atoms with van der Waals surface area (Å²) < 4.78 is 5.60. The lowest BCUT2D eigenvalue weighted by atomic mass is 10.1. The number of halogens is 2. The number of hydrogen-bond donors (Lipinski definition) is 1. The van der Waals surface area contributed by atoms with Gasteiger partial charge in [-0.25, -0.2) is 4.98 Å². The number of carbonyl (C=O) groups excluding carboxylic acids is 1. The van der Waals surface area contributed by atoms with Crippen molar-refractivity contribution < 1.29 is 14.1 Å². The summed E-state index contributed by atoms with van der Waals surface area (Å²) in [5.74, 6) is 0.0771. The first-order chi connectivity index (χ1) is 14.9. The van der Waals surface area contributed by atoms with E-state index in [1.807, 2.05) is 0 Å². The Labute approximate surface area is 190 Å². The number of anilines is 1. The second kappa shape index (κ2) is 8.89. The molecule has 2 heterocycles. The lowest BCUT2D eigenvalue weighted by molar-refractivity contribution is -0.384. The zero-order valence-electron chi connectivity index (χ0n) is 15.7. The van der Waals surface area contributed by atoms with E-state index in [0.29, 0.717) is 32.9 Å². The van der Waals surface area contributed by atoms with Crippen molar-refractivity contribution in [3.63, 3.8) is 0 Å². The molecule has 2 aromatic carbocycles. The van der Waals surface area contributed by atoms with Gasteiger partial charge < -0.3 is 4.42 Å². The minimum atomic E-state index is -0.479. The van der Waals surface area contributed by atoms with Crippen LogP contribution in [0, 0.1) is 10.1 Å². The summed E-state index contributed by atoms with van der Waals surface area (Å²) in [5.41, 5.74) is 1.47. The van der Waals surface area contributed by atoms with E-state index in [2.05, 4.69) is 10.3 Å². The summed E-state index contributed by atoms with van der Waals surface area (Å²) in [6.07, 6.45) is 2.21. The molecular formula is C21H13Cl2N3O4S. The van der Waals surface area contributed by atoms with Crippen LogP contribution in [0.5, 0.6) is 0 Å². The van der Waals surface area contributed by atoms with Crippen molar-refractivity contribution in [1.82, 2.24) is 4.98 Å². The molecule has 2 aromatic heterocycles. The van der Waals surface area contributed by atoms with Gasteiger partial charge in [0.25, 0.3) is 11.6 Å². The quantitative estimate of drug-likeness (QED) is 0.255. The third-order valence-corrected chi connectivity index (χ3v) is 5.86. The highest BCUT2D eigenvalue weighted by Gasteiger charge is 2.15. The summed E-state index contributed by atoms with van der Waals surface area (Å²) in [6.45, 7) is 0. The summed E-state index contributed by atoms with van der Waals surface area (Å²) in [4.78, 5) is 27.9. The van der Waals surface area contributed by atoms with Gasteiger partial charge in [-0.2, -0.15) is 0 Å². The number of nitro benzene ring substituents is 1. The fraction of sp³-hybridized carbons (Fsp3) is 0.0476. The summed E-state index contributed by atoms with van der Waals surface area (Å²) >= 11 is 13.6. The normalized spacial score (nSPS) is 10.8. The first kappa shape index (κ1) is 21.0. The third kappa shape index (κ3) is 4.93. The van der Waals surface area contributed by atoms with Crippen LogP contribution >= 0.6 is 34.5 Å². The van der Waals surface area contributed by atoms with E-state index in [-0.39, 0.29) is 11.4 Å². The van der Waals surface area contributed by atoms with Gasteiger partial charge in [-0.1, -0.05) is 23.2 Å². The number of rotatable bonds is 6. The maximum atomic E-state index is 12.5. The predicted molar refractivity (Wildman–Crippen MR) is 120 cm³/mol. The number of non-ortho nitro benzene ring substituents is 1. The molecule has 7 nitrogen and oxygen atoms in total. The predicted octanol–water partition coefficient (Wildman–Crippen LogP) is 6.46. The van der Waals surface area contributed by atoms with Crippen LogP contribution in [0.25, 0.3) is 11.3 Å². The van der Waals surface area contributed by atoms with Gasteiger partial charge in [-0.15, -0.1) is 11.3 Å². The number of nitrogens with zero attached hydrogens (tertiary/aromatic N) is 2. The number of benzene rings is 2. The second-order valence-electron chi connectivity index (χ2n) is 6.47. The second-order valence-corrected chi connectivity index (χ2v) is 8.43. The Hall–Kier alpha value is -3.20. The number of amides is 1. The van der Waals surface area contributed by atoms with E-state index in [0.717, 1.165) is 10.4 Å². The lowest BCUT2D eigenvalue weighted by Crippen LogP contribution is -2.10. The topological polar surface area (TPSA) is 98.3 Å². The molecule has 0 fully saturated rings. The van der Waals surface area contributed by atoms with Crippen molar-refractivity contribution in [2.24, 2.45) is 0 Å². The van der Waals surface area contributed by atoms with Crippen LogP contribution < -0.4 is 5.32 Å². The largest absolute Gasteiger partial charge is 0.451 e. The summed E-state index contributed by atoms with van der Waals surface area (Å²) in [6, 6.07) is 14.3. The molecule has 1 amide bonds. The Morgan fingerprint density at radius 3 is 2.65 bits per heavy atom. The minimum absolute atomic E-state index is 0.0214. The van der Waals surface area contributed by atoms with Crippen LogP contribution in [-0.2, 0) is 6.42 Å². The molecule has 0 radical (unpaired) electrons. The number of thiazole rings is 1. The molecule has 31 heavy (non-hydrogen) atoms. The van der Waals surface area contributed by atoms with E-state index >= 15 is 0 Å². The first-order valence-electron chi connectivity index (χ1n) is 8.94. The van der Waals surface area contributed by atoms with Gasteiger partial charge >= 0.3 is 0 Å². The number of nitrogens with one attached hydrogen (secondary N) is 1. The van der Waals surface area contributed by atoms with Crippen molar-refractivity contribution in [1.29, 1.82) is 0 Å². The molecule has 0 saturated heterocycles. The average molecular weight is 474 g/mol. The number of furan rings is 1. The smallest absolute Gasteiger partial charge is 0.293 e. The Morgan fingerprint density at radius 1 is 1.13 bits per heavy atom. The zero-order valence-corrected chi connectivity index (χ0v) is 18.0. The van der Waals surface area contributed by atoms with Crippen LogP contribution in [0.1, 0.15) is 21.0 Å². The molecule has 0 unspecified atom stereocenters. The Kier molecular flexibility index (Phi) is 6.03. The molecular weight excluding hydrogens is 461 g/mol. The van der Waals surface area contributed by atoms with E-state index in [9.17, 15) is 14.9 Å². The van der Waals surface area contributed by atoms with Crippen LogP contribution in [0.3, 0.4) is 0 Å². The lowest BCUT2D eigenvalue weighted by Gasteiger charge is -2.02. The van der Waals surface area contributed by atoms with Crippen LogP contribution in [0.4, 0.5) is 10.8 Å². The molecule has 0 bridgehead atoms. The molecule has 0 atom stereocenters. The SMILES string of the molecule is O=C(Nc1ncc(Cc2cc(Cl)ccc2Cl)s1)c1ccc(-c2ccc([N+](=O)[O-])cc2)o1. The maximum Gasteiger partial charge on any atom is 0.293 e. The van der Waals surface area contributed by atoms with Crippen molar-refractivity contribution >= 4 is 51.3 Å².